The molecule has 81 heavy (non-hydrogen) atoms. The Morgan fingerprint density at radius 2 is 0.481 bits per heavy atom. The van der Waals surface area contributed by atoms with Gasteiger partial charge in [0.2, 0.25) is 0 Å². The molecule has 0 saturated carbocycles. The third kappa shape index (κ3) is 67.8. The first kappa shape index (κ1) is 78.1. The van der Waals surface area contributed by atoms with Gasteiger partial charge in [-0.1, -0.05) is 338 Å². The van der Waals surface area contributed by atoms with Crippen LogP contribution in [0, 0.1) is 0 Å². The van der Waals surface area contributed by atoms with E-state index in [1.165, 1.54) is 257 Å². The van der Waals surface area contributed by atoms with E-state index in [1.54, 1.807) is 0 Å². The van der Waals surface area contributed by atoms with Crippen molar-refractivity contribution in [1.29, 1.82) is 0 Å². The molecule has 0 heterocycles. The van der Waals surface area contributed by atoms with Crippen LogP contribution in [0.4, 0.5) is 0 Å². The van der Waals surface area contributed by atoms with Crippen molar-refractivity contribution in [2.75, 3.05) is 13.2 Å². The van der Waals surface area contributed by atoms with Crippen molar-refractivity contribution < 1.29 is 28.6 Å². The van der Waals surface area contributed by atoms with Crippen LogP contribution < -0.4 is 0 Å². The van der Waals surface area contributed by atoms with E-state index < -0.39 is 6.10 Å². The molecule has 0 aromatic rings. The molecule has 1 atom stereocenters. The molecule has 6 heteroatoms. The van der Waals surface area contributed by atoms with Gasteiger partial charge in [-0.3, -0.25) is 14.4 Å². The van der Waals surface area contributed by atoms with Gasteiger partial charge in [-0.05, 0) is 83.5 Å². The molecule has 0 radical (unpaired) electrons. The fraction of sp³-hybridized carbons (Fsp3) is 0.827. The number of unbranched alkanes of at least 4 members (excludes halogenated alkanes) is 45. The van der Waals surface area contributed by atoms with Crippen LogP contribution in [-0.4, -0.2) is 37.2 Å². The van der Waals surface area contributed by atoms with Gasteiger partial charge >= 0.3 is 17.9 Å². The summed E-state index contributed by atoms with van der Waals surface area (Å²) in [6.45, 7) is 6.56. The molecule has 472 valence electrons. The number of allylic oxidation sites excluding steroid dienone is 10. The standard InChI is InChI=1S/C75H136O6/c1-4-7-10-13-16-19-22-25-28-30-32-34-36-37-39-40-42-44-47-50-53-56-59-62-65-68-74(77)80-71-72(70-79-73(76)67-64-61-58-55-52-49-46-27-24-21-18-15-12-9-6-3)81-75(78)69-66-63-60-57-54-51-48-45-43-41-38-35-33-31-29-26-23-20-17-14-11-8-5-2/h9,12,18,21,27,31,33,46,52,55,72H,4-8,10-11,13-17,19-20,22-26,28-30,32,34-45,47-51,53-54,56-71H2,1-3H3/b12-9-,21-18-,33-31-,46-27-,55-52-. The molecule has 0 saturated heterocycles. The second-order valence-electron chi connectivity index (χ2n) is 24.1. The Balaban J connectivity index is 4.29. The summed E-state index contributed by atoms with van der Waals surface area (Å²) in [5.41, 5.74) is 0. The Labute approximate surface area is 504 Å². The highest BCUT2D eigenvalue weighted by Gasteiger charge is 2.19. The van der Waals surface area contributed by atoms with Gasteiger partial charge in [-0.2, -0.15) is 0 Å². The first-order chi connectivity index (χ1) is 40.0. The monoisotopic (exact) mass is 1130 g/mol. The van der Waals surface area contributed by atoms with Crippen molar-refractivity contribution in [2.45, 2.75) is 386 Å². The maximum atomic E-state index is 13.0. The molecular weight excluding hydrogens is 997 g/mol. The van der Waals surface area contributed by atoms with E-state index in [1.807, 2.05) is 0 Å². The molecule has 0 N–H and O–H groups in total. The first-order valence-electron chi connectivity index (χ1n) is 35.8. The van der Waals surface area contributed by atoms with Gasteiger partial charge in [-0.25, -0.2) is 0 Å². The number of esters is 3. The molecule has 0 spiro atoms. The molecule has 0 aliphatic rings. The second-order valence-corrected chi connectivity index (χ2v) is 24.1. The van der Waals surface area contributed by atoms with Crippen molar-refractivity contribution in [1.82, 2.24) is 0 Å². The Bertz CT molecular complexity index is 1440. The molecule has 0 fully saturated rings. The number of hydrogen-bond donors (Lipinski definition) is 0. The lowest BCUT2D eigenvalue weighted by Gasteiger charge is -2.18. The van der Waals surface area contributed by atoms with Crippen molar-refractivity contribution in [2.24, 2.45) is 0 Å². The highest BCUT2D eigenvalue weighted by molar-refractivity contribution is 5.71. The second kappa shape index (κ2) is 69.6. The summed E-state index contributed by atoms with van der Waals surface area (Å²) in [4.78, 5) is 38.4. The summed E-state index contributed by atoms with van der Waals surface area (Å²) >= 11 is 0. The molecule has 6 nitrogen and oxygen atoms in total. The topological polar surface area (TPSA) is 78.9 Å². The molecule has 0 aliphatic carbocycles. The molecule has 1 unspecified atom stereocenters. The zero-order valence-corrected chi connectivity index (χ0v) is 54.3. The third-order valence-electron chi connectivity index (χ3n) is 16.0. The Morgan fingerprint density at radius 1 is 0.259 bits per heavy atom. The lowest BCUT2D eigenvalue weighted by Crippen LogP contribution is -2.30. The fourth-order valence-electron chi connectivity index (χ4n) is 10.7. The first-order valence-corrected chi connectivity index (χ1v) is 35.8. The molecule has 0 aliphatic heterocycles. The largest absolute Gasteiger partial charge is 0.462 e. The van der Waals surface area contributed by atoms with Crippen molar-refractivity contribution in [3.05, 3.63) is 60.8 Å². The van der Waals surface area contributed by atoms with Gasteiger partial charge in [0.1, 0.15) is 13.2 Å². The van der Waals surface area contributed by atoms with Crippen LogP contribution in [0.3, 0.4) is 0 Å². The Hall–Kier alpha value is -2.89. The molecule has 0 amide bonds. The van der Waals surface area contributed by atoms with E-state index >= 15 is 0 Å². The number of carbonyl (C=O) groups excluding carboxylic acids is 3. The highest BCUT2D eigenvalue weighted by Crippen LogP contribution is 2.18. The normalized spacial score (nSPS) is 12.4. The summed E-state index contributed by atoms with van der Waals surface area (Å²) < 4.78 is 17.0. The quantitative estimate of drug-likeness (QED) is 0.0261. The lowest BCUT2D eigenvalue weighted by atomic mass is 10.0. The lowest BCUT2D eigenvalue weighted by molar-refractivity contribution is -0.167. The number of rotatable bonds is 66. The van der Waals surface area contributed by atoms with Crippen molar-refractivity contribution in [3.63, 3.8) is 0 Å². The zero-order valence-electron chi connectivity index (χ0n) is 54.3. The maximum Gasteiger partial charge on any atom is 0.306 e. The SMILES string of the molecule is CC/C=C\C/C=C\C/C=C\C/C=C\CCCCC(=O)OCC(COC(=O)CCCCCCCCCCCCCCCCCCCCCCCCCCC)OC(=O)CCCCCCCCCCCCC/C=C\CCCCCCCCCC. The van der Waals surface area contributed by atoms with Crippen molar-refractivity contribution >= 4 is 17.9 Å². The Morgan fingerprint density at radius 3 is 0.790 bits per heavy atom. The Kier molecular flexibility index (Phi) is 67.1. The van der Waals surface area contributed by atoms with E-state index in [2.05, 4.69) is 81.5 Å². The van der Waals surface area contributed by atoms with Gasteiger partial charge in [0.25, 0.3) is 0 Å². The van der Waals surface area contributed by atoms with Crippen LogP contribution in [0.25, 0.3) is 0 Å². The number of ether oxygens (including phenoxy) is 3. The predicted octanol–water partition coefficient (Wildman–Crippen LogP) is 24.7. The minimum Gasteiger partial charge on any atom is -0.462 e. The van der Waals surface area contributed by atoms with Gasteiger partial charge in [-0.15, -0.1) is 0 Å². The van der Waals surface area contributed by atoms with Gasteiger partial charge in [0.05, 0.1) is 0 Å². The van der Waals surface area contributed by atoms with E-state index in [4.69, 9.17) is 14.2 Å². The van der Waals surface area contributed by atoms with Crippen LogP contribution in [0.5, 0.6) is 0 Å². The average Bonchev–Trinajstić information content (AvgIpc) is 3.47. The van der Waals surface area contributed by atoms with Gasteiger partial charge < -0.3 is 14.2 Å². The minimum absolute atomic E-state index is 0.0838. The van der Waals surface area contributed by atoms with E-state index in [0.717, 1.165) is 83.5 Å². The summed E-state index contributed by atoms with van der Waals surface area (Å²) in [5, 5.41) is 0. The molecule has 0 aromatic carbocycles. The van der Waals surface area contributed by atoms with E-state index in [9.17, 15) is 14.4 Å². The fourth-order valence-corrected chi connectivity index (χ4v) is 10.7. The third-order valence-corrected chi connectivity index (χ3v) is 16.0. The van der Waals surface area contributed by atoms with Gasteiger partial charge in [0, 0.05) is 19.3 Å². The zero-order chi connectivity index (χ0) is 58.5. The summed E-state index contributed by atoms with van der Waals surface area (Å²) in [7, 11) is 0. The average molecular weight is 1130 g/mol. The van der Waals surface area contributed by atoms with Crippen LogP contribution in [0.15, 0.2) is 60.8 Å². The van der Waals surface area contributed by atoms with Crippen molar-refractivity contribution in [3.8, 4) is 0 Å². The maximum absolute atomic E-state index is 13.0. The predicted molar refractivity (Wildman–Crippen MR) is 353 cm³/mol. The van der Waals surface area contributed by atoms with Crippen LogP contribution in [-0.2, 0) is 28.6 Å². The van der Waals surface area contributed by atoms with E-state index in [-0.39, 0.29) is 31.1 Å². The highest BCUT2D eigenvalue weighted by atomic mass is 16.6. The minimum atomic E-state index is -0.792. The van der Waals surface area contributed by atoms with Crippen LogP contribution >= 0.6 is 0 Å². The molecule has 0 bridgehead atoms. The van der Waals surface area contributed by atoms with Crippen LogP contribution in [0.1, 0.15) is 380 Å². The molecule has 0 aromatic heterocycles. The summed E-state index contributed by atoms with van der Waals surface area (Å²) in [5.74, 6) is -0.904. The number of hydrogen-bond acceptors (Lipinski definition) is 6. The summed E-state index contributed by atoms with van der Waals surface area (Å²) in [6.07, 6.45) is 89.8. The molecular formula is C75H136O6. The number of carbonyl (C=O) groups is 3. The summed E-state index contributed by atoms with van der Waals surface area (Å²) in [6, 6.07) is 0. The smallest absolute Gasteiger partial charge is 0.306 e. The van der Waals surface area contributed by atoms with E-state index in [0.29, 0.717) is 19.3 Å². The van der Waals surface area contributed by atoms with Gasteiger partial charge in [0.15, 0.2) is 6.10 Å². The van der Waals surface area contributed by atoms with Crippen LogP contribution in [0.2, 0.25) is 0 Å². The molecule has 0 rings (SSSR count).